The second kappa shape index (κ2) is 73.0. The van der Waals surface area contributed by atoms with Crippen molar-refractivity contribution in [3.63, 3.8) is 0 Å². The normalized spacial score (nSPS) is 14.1. The number of carbonyl (C=O) groups excluding carboxylic acids is 4. The first kappa shape index (κ1) is 97.1. The Hall–Kier alpha value is -1.94. The van der Waals surface area contributed by atoms with E-state index in [0.717, 1.165) is 95.8 Å². The molecule has 0 aromatic heterocycles. The Bertz CT molecular complexity index is 1890. The molecule has 17 nitrogen and oxygen atoms in total. The van der Waals surface area contributed by atoms with Crippen molar-refractivity contribution in [3.8, 4) is 0 Å². The molecule has 0 aliphatic carbocycles. The number of ether oxygens (including phenoxy) is 4. The molecule has 3 unspecified atom stereocenters. The van der Waals surface area contributed by atoms with Gasteiger partial charge in [-0.05, 0) is 31.6 Å². The Morgan fingerprint density at radius 1 is 0.283 bits per heavy atom. The molecule has 6 atom stereocenters. The maximum Gasteiger partial charge on any atom is 0.472 e. The fourth-order valence-electron chi connectivity index (χ4n) is 12.4. The summed E-state index contributed by atoms with van der Waals surface area (Å²) in [7, 11) is -9.91. The van der Waals surface area contributed by atoms with Crippen LogP contribution in [0.15, 0.2) is 0 Å². The summed E-state index contributed by atoms with van der Waals surface area (Å²) in [4.78, 5) is 72.9. The first-order valence-corrected chi connectivity index (χ1v) is 44.7. The molecule has 0 spiro atoms. The van der Waals surface area contributed by atoms with Crippen LogP contribution in [0.4, 0.5) is 0 Å². The van der Waals surface area contributed by atoms with Crippen molar-refractivity contribution < 1.29 is 80.2 Å². The Balaban J connectivity index is 5.18. The zero-order chi connectivity index (χ0) is 72.7. The lowest BCUT2D eigenvalue weighted by Gasteiger charge is -2.21. The van der Waals surface area contributed by atoms with Gasteiger partial charge < -0.3 is 33.8 Å². The lowest BCUT2D eigenvalue weighted by molar-refractivity contribution is -0.161. The van der Waals surface area contributed by atoms with Crippen molar-refractivity contribution in [1.29, 1.82) is 0 Å². The van der Waals surface area contributed by atoms with Crippen molar-refractivity contribution in [3.05, 3.63) is 0 Å². The number of rotatable bonds is 80. The summed E-state index contributed by atoms with van der Waals surface area (Å²) in [6.07, 6.45) is 63.8. The fraction of sp³-hybridized carbons (Fsp3) is 0.950. The Morgan fingerprint density at radius 2 is 0.485 bits per heavy atom. The molecule has 0 fully saturated rings. The van der Waals surface area contributed by atoms with Gasteiger partial charge in [0.05, 0.1) is 26.4 Å². The van der Waals surface area contributed by atoms with Gasteiger partial charge in [0.15, 0.2) is 12.2 Å². The first-order valence-electron chi connectivity index (χ1n) is 41.7. The number of carbonyl (C=O) groups is 4. The molecule has 0 aliphatic heterocycles. The molecule has 0 aromatic carbocycles. The minimum Gasteiger partial charge on any atom is -0.462 e. The van der Waals surface area contributed by atoms with Crippen LogP contribution in [0.2, 0.25) is 0 Å². The number of aliphatic hydroxyl groups excluding tert-OH is 1. The highest BCUT2D eigenvalue weighted by Gasteiger charge is 2.30. The van der Waals surface area contributed by atoms with E-state index < -0.39 is 97.5 Å². The third-order valence-electron chi connectivity index (χ3n) is 19.1. The van der Waals surface area contributed by atoms with E-state index in [9.17, 15) is 43.2 Å². The first-order chi connectivity index (χ1) is 48.1. The van der Waals surface area contributed by atoms with E-state index in [1.807, 2.05) is 0 Å². The molecule has 0 aliphatic rings. The fourth-order valence-corrected chi connectivity index (χ4v) is 14.0. The van der Waals surface area contributed by atoms with Gasteiger partial charge in [-0.2, -0.15) is 0 Å². The highest BCUT2D eigenvalue weighted by molar-refractivity contribution is 7.47. The lowest BCUT2D eigenvalue weighted by Crippen LogP contribution is -2.30. The number of aliphatic hydroxyl groups is 1. The number of phosphoric acid groups is 2. The van der Waals surface area contributed by atoms with Crippen LogP contribution in [-0.2, 0) is 65.4 Å². The topological polar surface area (TPSA) is 237 Å². The van der Waals surface area contributed by atoms with Crippen LogP contribution in [-0.4, -0.2) is 96.7 Å². The Labute approximate surface area is 607 Å². The molecule has 0 radical (unpaired) electrons. The zero-order valence-corrected chi connectivity index (χ0v) is 66.4. The van der Waals surface area contributed by atoms with Crippen LogP contribution >= 0.6 is 15.6 Å². The van der Waals surface area contributed by atoms with Gasteiger partial charge in [-0.25, -0.2) is 9.13 Å². The molecule has 3 N–H and O–H groups in total. The average molecular weight is 1450 g/mol. The van der Waals surface area contributed by atoms with Crippen LogP contribution in [0.1, 0.15) is 426 Å². The van der Waals surface area contributed by atoms with E-state index in [1.54, 1.807) is 0 Å². The van der Waals surface area contributed by atoms with Crippen LogP contribution < -0.4 is 0 Å². The van der Waals surface area contributed by atoms with E-state index >= 15 is 0 Å². The van der Waals surface area contributed by atoms with Crippen molar-refractivity contribution in [2.45, 2.75) is 445 Å². The van der Waals surface area contributed by atoms with Gasteiger partial charge in [0.1, 0.15) is 19.3 Å². The number of hydrogen-bond donors (Lipinski definition) is 3. The second-order valence-corrected chi connectivity index (χ2v) is 32.0. The largest absolute Gasteiger partial charge is 0.472 e. The summed E-state index contributed by atoms with van der Waals surface area (Å²) >= 11 is 0. The second-order valence-electron chi connectivity index (χ2n) is 29.1. The summed E-state index contributed by atoms with van der Waals surface area (Å²) in [5, 5.41) is 10.6. The third-order valence-corrected chi connectivity index (χ3v) is 21.0. The predicted octanol–water partition coefficient (Wildman–Crippen LogP) is 24.0. The minimum atomic E-state index is -4.96. The van der Waals surface area contributed by atoms with Crippen molar-refractivity contribution in [2.75, 3.05) is 39.6 Å². The average Bonchev–Trinajstić information content (AvgIpc) is 1.15. The van der Waals surface area contributed by atoms with Crippen molar-refractivity contribution in [1.82, 2.24) is 0 Å². The number of hydrogen-bond acceptors (Lipinski definition) is 15. The summed E-state index contributed by atoms with van der Waals surface area (Å²) in [6, 6.07) is 0. The van der Waals surface area contributed by atoms with Gasteiger partial charge in [0.25, 0.3) is 0 Å². The molecule has 0 heterocycles. The molecule has 0 bridgehead atoms. The molecule has 0 rings (SSSR count). The summed E-state index contributed by atoms with van der Waals surface area (Å²) < 4.78 is 68.6. The standard InChI is InChI=1S/C80H156O17P2/c1-6-10-13-16-19-22-24-25-26-29-33-36-40-44-49-54-59-64-78(83)91-70-76(97-80(85)66-61-56-51-46-41-37-34-31-28-27-30-32-35-39-43-47-52-57-62-73(5)9-4)72-95-99(88,89)93-68-74(81)67-92-98(86,87)94-71-75(69-90-77(82)63-58-53-48-42-21-18-15-12-8-3)96-79(84)65-60-55-50-45-38-23-20-17-14-11-7-2/h73-76,81H,6-72H2,1-5H3,(H,86,87)(H,88,89)/t73?,74-,75+,76+/m0/s1. The highest BCUT2D eigenvalue weighted by atomic mass is 31.2. The summed E-state index contributed by atoms with van der Waals surface area (Å²) in [5.41, 5.74) is 0. The van der Waals surface area contributed by atoms with Crippen LogP contribution in [0, 0.1) is 5.92 Å². The van der Waals surface area contributed by atoms with Gasteiger partial charge in [-0.15, -0.1) is 0 Å². The maximum absolute atomic E-state index is 13.1. The SMILES string of the molecule is CCCCCCCCCCCCCCCCCCCC(=O)OC[C@H](COP(=O)(O)OC[C@@H](O)COP(=O)(O)OC[C@@H](COC(=O)CCCCCCCCCCC)OC(=O)CCCCCCCCCCCCC)OC(=O)CCCCCCCCCCCCCCCCCCCCC(C)CC. The number of esters is 4. The molecule has 588 valence electrons. The zero-order valence-electron chi connectivity index (χ0n) is 64.6. The highest BCUT2D eigenvalue weighted by Crippen LogP contribution is 2.45. The lowest BCUT2D eigenvalue weighted by atomic mass is 9.99. The van der Waals surface area contributed by atoms with Gasteiger partial charge in [0.2, 0.25) is 0 Å². The van der Waals surface area contributed by atoms with Gasteiger partial charge in [-0.3, -0.25) is 37.3 Å². The quantitative estimate of drug-likeness (QED) is 0.0222. The van der Waals surface area contributed by atoms with E-state index in [-0.39, 0.29) is 25.7 Å². The van der Waals surface area contributed by atoms with Crippen LogP contribution in [0.5, 0.6) is 0 Å². The number of unbranched alkanes of at least 4 members (excludes halogenated alkanes) is 51. The van der Waals surface area contributed by atoms with Crippen molar-refractivity contribution >= 4 is 39.5 Å². The summed E-state index contributed by atoms with van der Waals surface area (Å²) in [5.74, 6) is -1.24. The van der Waals surface area contributed by atoms with E-state index in [2.05, 4.69) is 34.6 Å². The van der Waals surface area contributed by atoms with Gasteiger partial charge >= 0.3 is 39.5 Å². The van der Waals surface area contributed by atoms with E-state index in [4.69, 9.17) is 37.0 Å². The Morgan fingerprint density at radius 3 is 0.717 bits per heavy atom. The summed E-state index contributed by atoms with van der Waals surface area (Å²) in [6.45, 7) is 7.37. The molecule has 0 saturated carbocycles. The van der Waals surface area contributed by atoms with E-state index in [1.165, 1.54) is 250 Å². The monoisotopic (exact) mass is 1450 g/mol. The molecule has 99 heavy (non-hydrogen) atoms. The van der Waals surface area contributed by atoms with Crippen molar-refractivity contribution in [2.24, 2.45) is 5.92 Å². The molecular weight excluding hydrogens is 1290 g/mol. The molecule has 19 heteroatoms. The van der Waals surface area contributed by atoms with Gasteiger partial charge in [-0.1, -0.05) is 375 Å². The van der Waals surface area contributed by atoms with Gasteiger partial charge in [0, 0.05) is 25.7 Å². The van der Waals surface area contributed by atoms with Crippen LogP contribution in [0.25, 0.3) is 0 Å². The minimum absolute atomic E-state index is 0.107. The number of phosphoric ester groups is 2. The molecule has 0 amide bonds. The van der Waals surface area contributed by atoms with E-state index in [0.29, 0.717) is 25.7 Å². The molecule has 0 saturated heterocycles. The third kappa shape index (κ3) is 72.8. The molecule has 0 aromatic rings. The smallest absolute Gasteiger partial charge is 0.462 e. The maximum atomic E-state index is 13.1. The predicted molar refractivity (Wildman–Crippen MR) is 405 cm³/mol. The van der Waals surface area contributed by atoms with Crippen LogP contribution in [0.3, 0.4) is 0 Å². The Kier molecular flexibility index (Phi) is 71.6. The molecular formula is C80H156O17P2.